The second-order valence-corrected chi connectivity index (χ2v) is 5.38. The summed E-state index contributed by atoms with van der Waals surface area (Å²) < 4.78 is 28.9. The molecule has 0 spiro atoms. The molecule has 0 radical (unpaired) electrons. The maximum atomic E-state index is 14.2. The van der Waals surface area contributed by atoms with Crippen molar-refractivity contribution in [1.82, 2.24) is 9.97 Å². The van der Waals surface area contributed by atoms with E-state index in [-0.39, 0.29) is 5.56 Å². The molecule has 0 fully saturated rings. The van der Waals surface area contributed by atoms with Crippen molar-refractivity contribution in [3.05, 3.63) is 81.9 Å². The van der Waals surface area contributed by atoms with Crippen LogP contribution in [0.15, 0.2) is 53.3 Å². The number of nitrogens with one attached hydrogen (secondary N) is 2. The van der Waals surface area contributed by atoms with Crippen molar-refractivity contribution >= 4 is 15.9 Å². The minimum absolute atomic E-state index is 0.0260. The van der Waals surface area contributed by atoms with Crippen LogP contribution in [0.2, 0.25) is 0 Å². The van der Waals surface area contributed by atoms with Crippen molar-refractivity contribution in [1.29, 1.82) is 0 Å². The van der Waals surface area contributed by atoms with Crippen molar-refractivity contribution in [3.8, 4) is 0 Å². The average Bonchev–Trinajstić information content (AvgIpc) is 3.07. The molecule has 102 valence electrons. The van der Waals surface area contributed by atoms with Gasteiger partial charge in [-0.1, -0.05) is 15.9 Å². The smallest absolute Gasteiger partial charge is 0.131 e. The quantitative estimate of drug-likeness (QED) is 0.702. The van der Waals surface area contributed by atoms with Gasteiger partial charge in [-0.15, -0.1) is 0 Å². The highest BCUT2D eigenvalue weighted by Gasteiger charge is 2.25. The van der Waals surface area contributed by atoms with Gasteiger partial charge in [0.25, 0.3) is 0 Å². The highest BCUT2D eigenvalue weighted by atomic mass is 79.9. The lowest BCUT2D eigenvalue weighted by Crippen LogP contribution is -2.09. The van der Waals surface area contributed by atoms with Gasteiger partial charge in [0.1, 0.15) is 11.6 Å². The van der Waals surface area contributed by atoms with E-state index in [1.54, 1.807) is 24.5 Å². The van der Waals surface area contributed by atoms with E-state index in [0.717, 1.165) is 11.4 Å². The van der Waals surface area contributed by atoms with Crippen LogP contribution in [0.1, 0.15) is 22.9 Å². The molecule has 3 rings (SSSR count). The molecule has 5 heteroatoms. The van der Waals surface area contributed by atoms with E-state index in [1.807, 2.05) is 12.1 Å². The fourth-order valence-corrected chi connectivity index (χ4v) is 2.76. The Bertz CT molecular complexity index is 648. The number of benzene rings is 1. The van der Waals surface area contributed by atoms with E-state index in [4.69, 9.17) is 0 Å². The Morgan fingerprint density at radius 3 is 1.80 bits per heavy atom. The Kier molecular flexibility index (Phi) is 3.44. The first-order chi connectivity index (χ1) is 9.66. The van der Waals surface area contributed by atoms with Gasteiger partial charge < -0.3 is 9.97 Å². The lowest BCUT2D eigenvalue weighted by atomic mass is 9.91. The van der Waals surface area contributed by atoms with Crippen molar-refractivity contribution in [2.24, 2.45) is 0 Å². The monoisotopic (exact) mass is 336 g/mol. The molecule has 0 saturated carbocycles. The number of halogens is 3. The first-order valence-electron chi connectivity index (χ1n) is 6.08. The van der Waals surface area contributed by atoms with Crippen LogP contribution in [0.5, 0.6) is 0 Å². The molecular formula is C15H11BrF2N2. The largest absolute Gasteiger partial charge is 0.364 e. The fourth-order valence-electron chi connectivity index (χ4n) is 2.36. The number of H-pyrrole nitrogens is 2. The molecule has 0 aliphatic rings. The molecule has 2 heterocycles. The van der Waals surface area contributed by atoms with Gasteiger partial charge in [0.2, 0.25) is 0 Å². The molecule has 0 unspecified atom stereocenters. The van der Waals surface area contributed by atoms with Crippen molar-refractivity contribution in [2.45, 2.75) is 5.92 Å². The molecule has 0 aliphatic carbocycles. The number of hydrogen-bond donors (Lipinski definition) is 2. The summed E-state index contributed by atoms with van der Waals surface area (Å²) in [6.07, 6.45) is 3.47. The van der Waals surface area contributed by atoms with E-state index in [1.165, 1.54) is 12.1 Å². The number of hydrogen-bond acceptors (Lipinski definition) is 0. The van der Waals surface area contributed by atoms with Gasteiger partial charge in [0.15, 0.2) is 0 Å². The predicted octanol–water partition coefficient (Wildman–Crippen LogP) is 4.56. The highest BCUT2D eigenvalue weighted by Crippen LogP contribution is 2.34. The average molecular weight is 337 g/mol. The Balaban J connectivity index is 2.21. The van der Waals surface area contributed by atoms with E-state index in [0.29, 0.717) is 4.47 Å². The zero-order valence-electron chi connectivity index (χ0n) is 10.3. The zero-order chi connectivity index (χ0) is 14.1. The van der Waals surface area contributed by atoms with Crippen LogP contribution in [-0.2, 0) is 0 Å². The van der Waals surface area contributed by atoms with Gasteiger partial charge in [0.05, 0.1) is 5.92 Å². The van der Waals surface area contributed by atoms with Gasteiger partial charge in [0, 0.05) is 33.8 Å². The van der Waals surface area contributed by atoms with Crippen LogP contribution < -0.4 is 0 Å². The summed E-state index contributed by atoms with van der Waals surface area (Å²) in [6, 6.07) is 9.79. The number of aromatic amines is 2. The molecule has 3 aromatic rings. The van der Waals surface area contributed by atoms with Crippen LogP contribution in [0.4, 0.5) is 8.78 Å². The Hall–Kier alpha value is -1.88. The Labute approximate surface area is 123 Å². The van der Waals surface area contributed by atoms with Crippen molar-refractivity contribution in [3.63, 3.8) is 0 Å². The van der Waals surface area contributed by atoms with Crippen LogP contribution in [0.25, 0.3) is 0 Å². The highest BCUT2D eigenvalue weighted by molar-refractivity contribution is 9.10. The van der Waals surface area contributed by atoms with Crippen molar-refractivity contribution in [2.75, 3.05) is 0 Å². The first-order valence-corrected chi connectivity index (χ1v) is 6.87. The molecule has 1 aromatic carbocycles. The molecule has 20 heavy (non-hydrogen) atoms. The third-order valence-corrected chi connectivity index (χ3v) is 3.66. The van der Waals surface area contributed by atoms with Gasteiger partial charge in [-0.25, -0.2) is 8.78 Å². The molecule has 2 aromatic heterocycles. The molecule has 0 amide bonds. The SMILES string of the molecule is Fc1cc(Br)cc(F)c1C(c1ccc[nH]1)c1ccc[nH]1. The molecule has 2 N–H and O–H groups in total. The minimum atomic E-state index is -0.578. The van der Waals surface area contributed by atoms with Crippen LogP contribution in [0.3, 0.4) is 0 Å². The first kappa shape index (κ1) is 13.1. The van der Waals surface area contributed by atoms with Gasteiger partial charge in [-0.3, -0.25) is 0 Å². The second kappa shape index (κ2) is 5.25. The summed E-state index contributed by atoms with van der Waals surface area (Å²) in [5.74, 6) is -1.69. The summed E-state index contributed by atoms with van der Waals surface area (Å²) in [7, 11) is 0. The minimum Gasteiger partial charge on any atom is -0.364 e. The zero-order valence-corrected chi connectivity index (χ0v) is 11.9. The Morgan fingerprint density at radius 1 is 0.900 bits per heavy atom. The molecule has 0 aliphatic heterocycles. The molecule has 2 nitrogen and oxygen atoms in total. The molecular weight excluding hydrogens is 326 g/mol. The lowest BCUT2D eigenvalue weighted by molar-refractivity contribution is 0.547. The summed E-state index contributed by atoms with van der Waals surface area (Å²) in [5, 5.41) is 0. The van der Waals surface area contributed by atoms with E-state index in [2.05, 4.69) is 25.9 Å². The standard InChI is InChI=1S/C15H11BrF2N2/c16-9-7-10(17)14(11(18)8-9)15(12-3-1-5-19-12)13-4-2-6-20-13/h1-8,15,19-20H. The predicted molar refractivity (Wildman–Crippen MR) is 76.6 cm³/mol. The van der Waals surface area contributed by atoms with Gasteiger partial charge in [-0.2, -0.15) is 0 Å². The summed E-state index contributed by atoms with van der Waals surface area (Å²) in [4.78, 5) is 6.06. The molecule has 0 saturated heterocycles. The third-order valence-electron chi connectivity index (χ3n) is 3.20. The van der Waals surface area contributed by atoms with E-state index >= 15 is 0 Å². The summed E-state index contributed by atoms with van der Waals surface area (Å²) in [6.45, 7) is 0. The van der Waals surface area contributed by atoms with Crippen LogP contribution >= 0.6 is 15.9 Å². The van der Waals surface area contributed by atoms with Gasteiger partial charge >= 0.3 is 0 Å². The lowest BCUT2D eigenvalue weighted by Gasteiger charge is -2.17. The summed E-state index contributed by atoms with van der Waals surface area (Å²) in [5.41, 5.74) is 1.48. The second-order valence-electron chi connectivity index (χ2n) is 4.47. The topological polar surface area (TPSA) is 31.6 Å². The van der Waals surface area contributed by atoms with E-state index in [9.17, 15) is 8.78 Å². The maximum Gasteiger partial charge on any atom is 0.131 e. The van der Waals surface area contributed by atoms with E-state index < -0.39 is 17.6 Å². The van der Waals surface area contributed by atoms with Crippen LogP contribution in [0, 0.1) is 11.6 Å². The maximum absolute atomic E-state index is 14.2. The van der Waals surface area contributed by atoms with Crippen LogP contribution in [-0.4, -0.2) is 9.97 Å². The van der Waals surface area contributed by atoms with Crippen molar-refractivity contribution < 1.29 is 8.78 Å². The fraction of sp³-hybridized carbons (Fsp3) is 0.0667. The third kappa shape index (κ3) is 2.29. The molecule has 0 bridgehead atoms. The summed E-state index contributed by atoms with van der Waals surface area (Å²) >= 11 is 3.10. The molecule has 0 atom stereocenters. The Morgan fingerprint density at radius 2 is 1.40 bits per heavy atom. The van der Waals surface area contributed by atoms with Gasteiger partial charge in [-0.05, 0) is 36.4 Å². The number of aromatic nitrogens is 2. The normalized spacial score (nSPS) is 11.2. The number of rotatable bonds is 3.